The van der Waals surface area contributed by atoms with E-state index in [0.717, 1.165) is 34.6 Å². The summed E-state index contributed by atoms with van der Waals surface area (Å²) in [5.74, 6) is 2.42. The smallest absolute Gasteiger partial charge is 0.222 e. The molecule has 3 N–H and O–H groups in total. The van der Waals surface area contributed by atoms with Crippen LogP contribution in [-0.2, 0) is 11.4 Å². The van der Waals surface area contributed by atoms with Gasteiger partial charge in [0.15, 0.2) is 0 Å². The summed E-state index contributed by atoms with van der Waals surface area (Å²) < 4.78 is 11.7. The Morgan fingerprint density at radius 3 is 2.88 bits per heavy atom. The number of aromatic nitrogens is 1. The number of pyridine rings is 1. The molecule has 0 bridgehead atoms. The zero-order chi connectivity index (χ0) is 18.7. The molecule has 6 heteroatoms. The second-order valence-corrected chi connectivity index (χ2v) is 7.06. The number of nitrogens with one attached hydrogen (secondary N) is 1. The van der Waals surface area contributed by atoms with E-state index >= 15 is 0 Å². The molecule has 6 nitrogen and oxygen atoms in total. The lowest BCUT2D eigenvalue weighted by Crippen LogP contribution is -2.29. The molecule has 1 amide bonds. The normalized spacial score (nSPS) is 13.4. The number of hydrogen-bond donors (Lipinski definition) is 2. The van der Waals surface area contributed by atoms with Gasteiger partial charge in [0.25, 0.3) is 0 Å². The Kier molecular flexibility index (Phi) is 5.42. The maximum Gasteiger partial charge on any atom is 0.222 e. The summed E-state index contributed by atoms with van der Waals surface area (Å²) in [6.45, 7) is 6.67. The topological polar surface area (TPSA) is 86.5 Å². The van der Waals surface area contributed by atoms with Gasteiger partial charge in [-0.05, 0) is 36.1 Å². The summed E-state index contributed by atoms with van der Waals surface area (Å²) in [5.41, 5.74) is 9.03. The van der Waals surface area contributed by atoms with E-state index < -0.39 is 0 Å². The SMILES string of the molecule is CC(=O)Nc1cc2c(cn1)COc1cc(OCC(N)CC(C)C)ccc1-2. The predicted octanol–water partition coefficient (Wildman–Crippen LogP) is 3.35. The molecule has 0 fully saturated rings. The van der Waals surface area contributed by atoms with E-state index in [1.165, 1.54) is 6.92 Å². The number of carbonyl (C=O) groups is 1. The zero-order valence-electron chi connectivity index (χ0n) is 15.4. The molecule has 1 atom stereocenters. The molecular formula is C20H25N3O3. The highest BCUT2D eigenvalue weighted by molar-refractivity contribution is 5.89. The van der Waals surface area contributed by atoms with E-state index in [0.29, 0.717) is 24.9 Å². The Labute approximate surface area is 153 Å². The minimum Gasteiger partial charge on any atom is -0.492 e. The van der Waals surface area contributed by atoms with Crippen LogP contribution in [0, 0.1) is 5.92 Å². The van der Waals surface area contributed by atoms with Gasteiger partial charge < -0.3 is 20.5 Å². The second-order valence-electron chi connectivity index (χ2n) is 7.06. The Hall–Kier alpha value is -2.60. The summed E-state index contributed by atoms with van der Waals surface area (Å²) in [7, 11) is 0. The molecule has 1 aromatic heterocycles. The summed E-state index contributed by atoms with van der Waals surface area (Å²) in [4.78, 5) is 15.5. The van der Waals surface area contributed by atoms with Gasteiger partial charge in [-0.15, -0.1) is 0 Å². The number of carbonyl (C=O) groups excluding carboxylic acids is 1. The van der Waals surface area contributed by atoms with Crippen molar-refractivity contribution in [2.75, 3.05) is 11.9 Å². The standard InChI is InChI=1S/C20H25N3O3/c1-12(2)6-15(21)11-25-16-4-5-17-18-8-20(23-13(3)24)22-9-14(18)10-26-19(17)7-16/h4-5,7-9,12,15H,6,10-11,21H2,1-3H3,(H,22,23,24). The molecule has 1 aromatic carbocycles. The van der Waals surface area contributed by atoms with Crippen LogP contribution in [0.5, 0.6) is 11.5 Å². The van der Waals surface area contributed by atoms with Crippen molar-refractivity contribution in [1.82, 2.24) is 4.98 Å². The fourth-order valence-corrected chi connectivity index (χ4v) is 3.06. The van der Waals surface area contributed by atoms with Crippen molar-refractivity contribution in [3.8, 4) is 22.6 Å². The number of rotatable bonds is 6. The molecule has 0 spiro atoms. The lowest BCUT2D eigenvalue weighted by molar-refractivity contribution is -0.114. The largest absolute Gasteiger partial charge is 0.492 e. The van der Waals surface area contributed by atoms with Crippen LogP contribution in [0.3, 0.4) is 0 Å². The number of nitrogens with zero attached hydrogens (tertiary/aromatic N) is 1. The van der Waals surface area contributed by atoms with Gasteiger partial charge in [-0.1, -0.05) is 13.8 Å². The van der Waals surface area contributed by atoms with Gasteiger partial charge in [0.05, 0.1) is 0 Å². The Morgan fingerprint density at radius 2 is 2.15 bits per heavy atom. The minimum absolute atomic E-state index is 0.0129. The van der Waals surface area contributed by atoms with E-state index in [1.54, 1.807) is 6.20 Å². The first-order valence-corrected chi connectivity index (χ1v) is 8.84. The fraction of sp³-hybridized carbons (Fsp3) is 0.400. The first-order valence-electron chi connectivity index (χ1n) is 8.84. The summed E-state index contributed by atoms with van der Waals surface area (Å²) >= 11 is 0. The van der Waals surface area contributed by atoms with Crippen LogP contribution in [-0.4, -0.2) is 23.5 Å². The second kappa shape index (κ2) is 7.74. The molecule has 1 aliphatic heterocycles. The Morgan fingerprint density at radius 1 is 1.35 bits per heavy atom. The maximum absolute atomic E-state index is 11.3. The molecule has 1 aliphatic rings. The first-order chi connectivity index (χ1) is 12.4. The number of benzene rings is 1. The molecule has 1 unspecified atom stereocenters. The summed E-state index contributed by atoms with van der Waals surface area (Å²) in [6.07, 6.45) is 2.66. The number of anilines is 1. The van der Waals surface area contributed by atoms with Gasteiger partial charge in [0, 0.05) is 36.4 Å². The number of nitrogens with two attached hydrogens (primary N) is 1. The third-order valence-electron chi connectivity index (χ3n) is 4.16. The van der Waals surface area contributed by atoms with Crippen molar-refractivity contribution in [2.45, 2.75) is 39.8 Å². The summed E-state index contributed by atoms with van der Waals surface area (Å²) in [6, 6.07) is 7.65. The zero-order valence-corrected chi connectivity index (χ0v) is 15.4. The van der Waals surface area contributed by atoms with E-state index in [2.05, 4.69) is 24.1 Å². The van der Waals surface area contributed by atoms with Crippen molar-refractivity contribution in [3.63, 3.8) is 0 Å². The molecule has 3 rings (SSSR count). The van der Waals surface area contributed by atoms with E-state index in [4.69, 9.17) is 15.2 Å². The highest BCUT2D eigenvalue weighted by Gasteiger charge is 2.19. The van der Waals surface area contributed by atoms with E-state index in [-0.39, 0.29) is 11.9 Å². The van der Waals surface area contributed by atoms with Crippen molar-refractivity contribution < 1.29 is 14.3 Å². The number of ether oxygens (including phenoxy) is 2. The average Bonchev–Trinajstić information content (AvgIpc) is 2.58. The predicted molar refractivity (Wildman–Crippen MR) is 101 cm³/mol. The van der Waals surface area contributed by atoms with Gasteiger partial charge in [0.2, 0.25) is 5.91 Å². The van der Waals surface area contributed by atoms with Crippen molar-refractivity contribution >= 4 is 11.7 Å². The van der Waals surface area contributed by atoms with Crippen LogP contribution < -0.4 is 20.5 Å². The van der Waals surface area contributed by atoms with Crippen LogP contribution in [0.25, 0.3) is 11.1 Å². The van der Waals surface area contributed by atoms with E-state index in [1.807, 2.05) is 24.3 Å². The molecule has 0 radical (unpaired) electrons. The van der Waals surface area contributed by atoms with Crippen LogP contribution >= 0.6 is 0 Å². The quantitative estimate of drug-likeness (QED) is 0.830. The molecule has 0 aliphatic carbocycles. The lowest BCUT2D eigenvalue weighted by Gasteiger charge is -2.22. The monoisotopic (exact) mass is 355 g/mol. The number of hydrogen-bond acceptors (Lipinski definition) is 5. The summed E-state index contributed by atoms with van der Waals surface area (Å²) in [5, 5.41) is 2.72. The number of amides is 1. The van der Waals surface area contributed by atoms with Crippen molar-refractivity contribution in [3.05, 3.63) is 36.0 Å². The van der Waals surface area contributed by atoms with Crippen LogP contribution in [0.15, 0.2) is 30.5 Å². The highest BCUT2D eigenvalue weighted by atomic mass is 16.5. The van der Waals surface area contributed by atoms with Crippen LogP contribution in [0.1, 0.15) is 32.8 Å². The van der Waals surface area contributed by atoms with E-state index in [9.17, 15) is 4.79 Å². The van der Waals surface area contributed by atoms with Gasteiger partial charge in [-0.3, -0.25) is 4.79 Å². The Balaban J connectivity index is 1.78. The molecule has 26 heavy (non-hydrogen) atoms. The fourth-order valence-electron chi connectivity index (χ4n) is 3.06. The first kappa shape index (κ1) is 18.2. The molecule has 2 heterocycles. The third kappa shape index (κ3) is 4.32. The van der Waals surface area contributed by atoms with Gasteiger partial charge in [0.1, 0.15) is 30.5 Å². The average molecular weight is 355 g/mol. The van der Waals surface area contributed by atoms with Crippen LogP contribution in [0.2, 0.25) is 0 Å². The van der Waals surface area contributed by atoms with Gasteiger partial charge in [-0.2, -0.15) is 0 Å². The van der Waals surface area contributed by atoms with Gasteiger partial charge in [-0.25, -0.2) is 4.98 Å². The van der Waals surface area contributed by atoms with Gasteiger partial charge >= 0.3 is 0 Å². The molecule has 0 saturated heterocycles. The van der Waals surface area contributed by atoms with Crippen molar-refractivity contribution in [1.29, 1.82) is 0 Å². The number of fused-ring (bicyclic) bond motifs is 3. The Bertz CT molecular complexity index is 805. The molecule has 2 aromatic rings. The van der Waals surface area contributed by atoms with Crippen molar-refractivity contribution in [2.24, 2.45) is 11.7 Å². The molecule has 0 saturated carbocycles. The van der Waals surface area contributed by atoms with Crippen LogP contribution in [0.4, 0.5) is 5.82 Å². The lowest BCUT2D eigenvalue weighted by atomic mass is 9.98. The maximum atomic E-state index is 11.3. The third-order valence-corrected chi connectivity index (χ3v) is 4.16. The molecular weight excluding hydrogens is 330 g/mol. The molecule has 138 valence electrons. The minimum atomic E-state index is -0.147. The highest BCUT2D eigenvalue weighted by Crippen LogP contribution is 2.40.